The van der Waals surface area contributed by atoms with E-state index >= 15 is 0 Å². The fourth-order valence-electron chi connectivity index (χ4n) is 6.18. The number of hydrogen-bond donors (Lipinski definition) is 2. The van der Waals surface area contributed by atoms with E-state index in [0.717, 1.165) is 37.9 Å². The molecule has 3 aliphatic heterocycles. The first-order valence-corrected chi connectivity index (χ1v) is 11.7. The minimum absolute atomic E-state index is 0.00390. The lowest BCUT2D eigenvalue weighted by molar-refractivity contribution is -0.155. The van der Waals surface area contributed by atoms with Crippen LogP contribution < -0.4 is 10.6 Å². The van der Waals surface area contributed by atoms with Gasteiger partial charge in [-0.25, -0.2) is 0 Å². The van der Waals surface area contributed by atoms with Gasteiger partial charge in [0, 0.05) is 25.0 Å². The minimum Gasteiger partial charge on any atom is -0.350 e. The molecule has 0 unspecified atom stereocenters. The third kappa shape index (κ3) is 3.77. The molecule has 4 bridgehead atoms. The molecule has 0 aromatic heterocycles. The second-order valence-electron chi connectivity index (χ2n) is 10.5. The highest BCUT2D eigenvalue weighted by Crippen LogP contribution is 2.54. The molecule has 3 saturated heterocycles. The fourth-order valence-corrected chi connectivity index (χ4v) is 6.18. The van der Waals surface area contributed by atoms with Crippen LogP contribution in [0.1, 0.15) is 52.5 Å². The second-order valence-corrected chi connectivity index (χ2v) is 10.5. The van der Waals surface area contributed by atoms with Crippen molar-refractivity contribution in [3.05, 3.63) is 35.9 Å². The predicted octanol–water partition coefficient (Wildman–Crippen LogP) is 3.20. The van der Waals surface area contributed by atoms with Crippen LogP contribution in [0.4, 0.5) is 0 Å². The normalized spacial score (nSPS) is 32.7. The van der Waals surface area contributed by atoms with Crippen molar-refractivity contribution < 1.29 is 9.59 Å². The van der Waals surface area contributed by atoms with E-state index in [9.17, 15) is 9.59 Å². The summed E-state index contributed by atoms with van der Waals surface area (Å²) in [4.78, 5) is 29.3. The lowest BCUT2D eigenvalue weighted by Crippen LogP contribution is -2.76. The molecule has 1 aliphatic carbocycles. The number of carbonyl (C=O) groups is 2. The van der Waals surface area contributed by atoms with E-state index in [1.807, 2.05) is 30.3 Å². The first kappa shape index (κ1) is 21.4. The Morgan fingerprint density at radius 1 is 1.20 bits per heavy atom. The summed E-state index contributed by atoms with van der Waals surface area (Å²) in [6.45, 7) is 11.4. The molecule has 1 aromatic carbocycles. The maximum Gasteiger partial charge on any atom is 0.246 e. The van der Waals surface area contributed by atoms with Crippen molar-refractivity contribution in [1.29, 1.82) is 0 Å². The van der Waals surface area contributed by atoms with Crippen LogP contribution in [0.15, 0.2) is 30.3 Å². The molecular weight excluding hydrogens is 374 g/mol. The number of nitrogens with one attached hydrogen (secondary N) is 2. The van der Waals surface area contributed by atoms with Crippen molar-refractivity contribution in [2.24, 2.45) is 29.6 Å². The maximum atomic E-state index is 13.6. The topological polar surface area (TPSA) is 61.4 Å². The molecule has 164 valence electrons. The number of rotatable bonds is 8. The van der Waals surface area contributed by atoms with Gasteiger partial charge in [-0.05, 0) is 49.1 Å². The van der Waals surface area contributed by atoms with Crippen LogP contribution in [-0.4, -0.2) is 41.4 Å². The highest BCUT2D eigenvalue weighted by Gasteiger charge is 2.67. The van der Waals surface area contributed by atoms with Gasteiger partial charge in [-0.15, -0.1) is 0 Å². The van der Waals surface area contributed by atoms with Crippen molar-refractivity contribution >= 4 is 11.8 Å². The van der Waals surface area contributed by atoms with Crippen molar-refractivity contribution in [1.82, 2.24) is 15.5 Å². The van der Waals surface area contributed by atoms with Crippen LogP contribution in [0, 0.1) is 29.6 Å². The Bertz CT molecular complexity index is 778. The summed E-state index contributed by atoms with van der Waals surface area (Å²) in [5.74, 6) is 1.73. The Balaban J connectivity index is 1.60. The third-order valence-electron chi connectivity index (χ3n) is 7.46. The van der Waals surface area contributed by atoms with Crippen molar-refractivity contribution in [3.63, 3.8) is 0 Å². The number of benzene rings is 1. The van der Waals surface area contributed by atoms with Gasteiger partial charge in [0.25, 0.3) is 0 Å². The number of nitrogens with zero attached hydrogens (tertiary/aromatic N) is 1. The number of hydrogen-bond acceptors (Lipinski definition) is 3. The van der Waals surface area contributed by atoms with Crippen LogP contribution in [-0.2, 0) is 16.1 Å². The van der Waals surface area contributed by atoms with E-state index < -0.39 is 5.54 Å². The summed E-state index contributed by atoms with van der Waals surface area (Å²) in [5.41, 5.74) is 0.312. The van der Waals surface area contributed by atoms with Gasteiger partial charge in [-0.3, -0.25) is 14.5 Å². The van der Waals surface area contributed by atoms with Gasteiger partial charge in [0.15, 0.2) is 0 Å². The molecule has 5 heteroatoms. The molecule has 5 nitrogen and oxygen atoms in total. The maximum absolute atomic E-state index is 13.6. The van der Waals surface area contributed by atoms with E-state index in [1.165, 1.54) is 0 Å². The van der Waals surface area contributed by atoms with Gasteiger partial charge in [-0.1, -0.05) is 58.0 Å². The zero-order valence-corrected chi connectivity index (χ0v) is 18.9. The highest BCUT2D eigenvalue weighted by molar-refractivity contribution is 5.96. The van der Waals surface area contributed by atoms with E-state index in [2.05, 4.69) is 43.2 Å². The van der Waals surface area contributed by atoms with Crippen molar-refractivity contribution in [2.75, 3.05) is 13.1 Å². The van der Waals surface area contributed by atoms with Crippen LogP contribution in [0.3, 0.4) is 0 Å². The monoisotopic (exact) mass is 411 g/mol. The first-order valence-electron chi connectivity index (χ1n) is 11.7. The SMILES string of the molecule is CC(C)CCN1C[C@H]2C[C@]3(C(=O)NCc4ccccc4)NC(=O)[C@H]2[C@H]1[C@H]3CC(C)C. The Hall–Kier alpha value is -1.88. The van der Waals surface area contributed by atoms with Crippen LogP contribution in [0.2, 0.25) is 0 Å². The van der Waals surface area contributed by atoms with Crippen LogP contribution >= 0.6 is 0 Å². The molecule has 5 atom stereocenters. The molecule has 0 spiro atoms. The van der Waals surface area contributed by atoms with E-state index in [-0.39, 0.29) is 29.7 Å². The second kappa shape index (κ2) is 8.33. The van der Waals surface area contributed by atoms with Gasteiger partial charge in [0.05, 0.1) is 5.92 Å². The fraction of sp³-hybridized carbons (Fsp3) is 0.680. The number of piperidine rings is 2. The summed E-state index contributed by atoms with van der Waals surface area (Å²) in [6, 6.07) is 10.2. The zero-order valence-electron chi connectivity index (χ0n) is 18.9. The molecular formula is C25H37N3O2. The van der Waals surface area contributed by atoms with Crippen LogP contribution in [0.25, 0.3) is 0 Å². The average molecular weight is 412 g/mol. The minimum atomic E-state index is -0.771. The molecule has 0 radical (unpaired) electrons. The zero-order chi connectivity index (χ0) is 21.5. The number of fused-ring (bicyclic) bond motifs is 1. The average Bonchev–Trinajstić information content (AvgIpc) is 3.02. The van der Waals surface area contributed by atoms with Crippen molar-refractivity contribution in [3.8, 4) is 0 Å². The highest BCUT2D eigenvalue weighted by atomic mass is 16.2. The molecule has 4 fully saturated rings. The largest absolute Gasteiger partial charge is 0.350 e. The van der Waals surface area contributed by atoms with Gasteiger partial charge in [-0.2, -0.15) is 0 Å². The summed E-state index contributed by atoms with van der Waals surface area (Å²) >= 11 is 0. The molecule has 30 heavy (non-hydrogen) atoms. The molecule has 1 saturated carbocycles. The van der Waals surface area contributed by atoms with E-state index in [4.69, 9.17) is 0 Å². The predicted molar refractivity (Wildman–Crippen MR) is 119 cm³/mol. The Morgan fingerprint density at radius 2 is 1.93 bits per heavy atom. The van der Waals surface area contributed by atoms with E-state index in [1.54, 1.807) is 0 Å². The summed E-state index contributed by atoms with van der Waals surface area (Å²) in [5, 5.41) is 6.40. The smallest absolute Gasteiger partial charge is 0.246 e. The number of amides is 2. The molecule has 3 heterocycles. The molecule has 5 rings (SSSR count). The van der Waals surface area contributed by atoms with Gasteiger partial charge < -0.3 is 10.6 Å². The molecule has 1 aromatic rings. The third-order valence-corrected chi connectivity index (χ3v) is 7.46. The number of likely N-dealkylation sites (tertiary alicyclic amines) is 1. The van der Waals surface area contributed by atoms with Crippen LogP contribution in [0.5, 0.6) is 0 Å². The Labute approximate surface area is 181 Å². The Kier molecular flexibility index (Phi) is 5.93. The van der Waals surface area contributed by atoms with Crippen molar-refractivity contribution in [2.45, 2.75) is 65.1 Å². The molecule has 2 amide bonds. The Morgan fingerprint density at radius 3 is 2.60 bits per heavy atom. The molecule has 4 aliphatic rings. The number of carbonyl (C=O) groups excluding carboxylic acids is 2. The summed E-state index contributed by atoms with van der Waals surface area (Å²) < 4.78 is 0. The standard InChI is InChI=1S/C25H37N3O2/c1-16(2)10-11-28-15-19-13-25(24(30)26-14-18-8-6-5-7-9-18)20(12-17(3)4)22(28)21(19)23(29)27-25/h5-9,16-17,19-22H,10-15H2,1-4H3,(H,26,30)(H,27,29)/t19-,20-,21-,22-,25+/m1/s1. The molecule has 2 N–H and O–H groups in total. The van der Waals surface area contributed by atoms with E-state index in [0.29, 0.717) is 24.3 Å². The summed E-state index contributed by atoms with van der Waals surface area (Å²) in [7, 11) is 0. The van der Waals surface area contributed by atoms with Gasteiger partial charge in [0.2, 0.25) is 11.8 Å². The quantitative estimate of drug-likeness (QED) is 0.691. The lowest BCUT2D eigenvalue weighted by Gasteiger charge is -2.55. The summed E-state index contributed by atoms with van der Waals surface area (Å²) in [6.07, 6.45) is 2.88. The lowest BCUT2D eigenvalue weighted by atomic mass is 9.57. The first-order chi connectivity index (χ1) is 14.3. The van der Waals surface area contributed by atoms with Gasteiger partial charge in [0.1, 0.15) is 5.54 Å². The van der Waals surface area contributed by atoms with Gasteiger partial charge >= 0.3 is 0 Å².